The molecular formula is C17H21NO3. The van der Waals surface area contributed by atoms with Gasteiger partial charge in [-0.1, -0.05) is 30.3 Å². The topological polar surface area (TPSA) is 46.6 Å². The van der Waals surface area contributed by atoms with Gasteiger partial charge in [-0.15, -0.1) is 0 Å². The number of likely N-dealkylation sites (tertiary alicyclic amines) is 1. The first-order chi connectivity index (χ1) is 10.2. The van der Waals surface area contributed by atoms with Crippen molar-refractivity contribution in [2.24, 2.45) is 5.92 Å². The Morgan fingerprint density at radius 2 is 2.05 bits per heavy atom. The molecule has 1 saturated heterocycles. The first-order valence-corrected chi connectivity index (χ1v) is 7.66. The highest BCUT2D eigenvalue weighted by Gasteiger charge is 2.52. The third-order valence-corrected chi connectivity index (χ3v) is 4.59. The minimum Gasteiger partial charge on any atom is -0.465 e. The summed E-state index contributed by atoms with van der Waals surface area (Å²) in [5.41, 5.74) is 0.626. The lowest BCUT2D eigenvalue weighted by Crippen LogP contribution is -2.27. The van der Waals surface area contributed by atoms with Gasteiger partial charge >= 0.3 is 5.97 Å². The lowest BCUT2D eigenvalue weighted by molar-refractivity contribution is -0.148. The molecule has 1 aliphatic heterocycles. The molecule has 1 aromatic carbocycles. The van der Waals surface area contributed by atoms with Crippen molar-refractivity contribution in [2.75, 3.05) is 19.7 Å². The van der Waals surface area contributed by atoms with E-state index in [9.17, 15) is 9.59 Å². The smallest absolute Gasteiger partial charge is 0.316 e. The summed E-state index contributed by atoms with van der Waals surface area (Å²) in [6, 6.07) is 9.85. The molecule has 0 aromatic heterocycles. The van der Waals surface area contributed by atoms with Crippen LogP contribution in [-0.4, -0.2) is 36.5 Å². The molecule has 2 fully saturated rings. The molecule has 1 aliphatic carbocycles. The van der Waals surface area contributed by atoms with Crippen molar-refractivity contribution in [2.45, 2.75) is 31.6 Å². The summed E-state index contributed by atoms with van der Waals surface area (Å²) in [7, 11) is 0. The van der Waals surface area contributed by atoms with Crippen LogP contribution in [0.1, 0.15) is 31.7 Å². The van der Waals surface area contributed by atoms with E-state index in [1.807, 2.05) is 42.2 Å². The number of nitrogens with zero attached hydrogens (tertiary/aromatic N) is 1. The standard InChI is InChI=1S/C17H21NO3/c1-2-18-11-13(10-15(18)19)12-21-16(20)17(8-9-17)14-6-4-3-5-7-14/h3-7,13H,2,8-12H2,1H3/t13-/m0/s1. The summed E-state index contributed by atoms with van der Waals surface area (Å²) in [5.74, 6) is 0.187. The summed E-state index contributed by atoms with van der Waals surface area (Å²) >= 11 is 0. The van der Waals surface area contributed by atoms with Crippen molar-refractivity contribution >= 4 is 11.9 Å². The van der Waals surface area contributed by atoms with Crippen LogP contribution in [0.2, 0.25) is 0 Å². The number of hydrogen-bond acceptors (Lipinski definition) is 3. The molecule has 21 heavy (non-hydrogen) atoms. The Labute approximate surface area is 125 Å². The van der Waals surface area contributed by atoms with E-state index in [2.05, 4.69) is 0 Å². The number of rotatable bonds is 5. The summed E-state index contributed by atoms with van der Waals surface area (Å²) in [6.07, 6.45) is 2.22. The molecule has 0 unspecified atom stereocenters. The fraction of sp³-hybridized carbons (Fsp3) is 0.529. The number of ether oxygens (including phenoxy) is 1. The van der Waals surface area contributed by atoms with Crippen LogP contribution in [0, 0.1) is 5.92 Å². The van der Waals surface area contributed by atoms with Gasteiger partial charge in [-0.2, -0.15) is 0 Å². The van der Waals surface area contributed by atoms with Gasteiger partial charge in [-0.25, -0.2) is 0 Å². The first-order valence-electron chi connectivity index (χ1n) is 7.66. The molecule has 1 amide bonds. The monoisotopic (exact) mass is 287 g/mol. The molecule has 4 heteroatoms. The molecule has 1 aromatic rings. The zero-order valence-electron chi connectivity index (χ0n) is 12.4. The van der Waals surface area contributed by atoms with Crippen molar-refractivity contribution in [1.82, 2.24) is 4.90 Å². The average Bonchev–Trinajstić information content (AvgIpc) is 3.25. The maximum absolute atomic E-state index is 12.4. The largest absolute Gasteiger partial charge is 0.465 e. The Kier molecular flexibility index (Phi) is 3.70. The van der Waals surface area contributed by atoms with Gasteiger partial charge in [-0.05, 0) is 25.3 Å². The third kappa shape index (κ3) is 2.67. The fourth-order valence-corrected chi connectivity index (χ4v) is 3.10. The van der Waals surface area contributed by atoms with Gasteiger partial charge in [0.2, 0.25) is 5.91 Å². The number of carbonyl (C=O) groups excluding carboxylic acids is 2. The van der Waals surface area contributed by atoms with Gasteiger partial charge in [0.15, 0.2) is 0 Å². The summed E-state index contributed by atoms with van der Waals surface area (Å²) in [5, 5.41) is 0. The molecular weight excluding hydrogens is 266 g/mol. The molecule has 0 radical (unpaired) electrons. The van der Waals surface area contributed by atoms with E-state index in [0.717, 1.165) is 24.9 Å². The van der Waals surface area contributed by atoms with Crippen molar-refractivity contribution in [3.05, 3.63) is 35.9 Å². The number of amides is 1. The van der Waals surface area contributed by atoms with E-state index in [1.54, 1.807) is 0 Å². The minimum absolute atomic E-state index is 0.129. The van der Waals surface area contributed by atoms with Gasteiger partial charge in [-0.3, -0.25) is 9.59 Å². The minimum atomic E-state index is -0.422. The van der Waals surface area contributed by atoms with Gasteiger partial charge in [0.05, 0.1) is 12.0 Å². The molecule has 1 saturated carbocycles. The van der Waals surface area contributed by atoms with Crippen LogP contribution < -0.4 is 0 Å². The molecule has 1 heterocycles. The van der Waals surface area contributed by atoms with Gasteiger partial charge in [0.25, 0.3) is 0 Å². The van der Waals surface area contributed by atoms with E-state index in [4.69, 9.17) is 4.74 Å². The molecule has 0 N–H and O–H groups in total. The quantitative estimate of drug-likeness (QED) is 0.779. The SMILES string of the molecule is CCN1C[C@@H](COC(=O)C2(c3ccccc3)CC2)CC1=O. The summed E-state index contributed by atoms with van der Waals surface area (Å²) in [4.78, 5) is 25.9. The van der Waals surface area contributed by atoms with E-state index < -0.39 is 5.41 Å². The Balaban J connectivity index is 1.57. The lowest BCUT2D eigenvalue weighted by Gasteiger charge is -2.17. The number of carbonyl (C=O) groups is 2. The molecule has 2 aliphatic rings. The van der Waals surface area contributed by atoms with Gasteiger partial charge in [0.1, 0.15) is 0 Å². The van der Waals surface area contributed by atoms with Gasteiger partial charge in [0, 0.05) is 25.4 Å². The predicted octanol–water partition coefficient (Wildman–Crippen LogP) is 2.13. The Bertz CT molecular complexity index is 536. The lowest BCUT2D eigenvalue weighted by atomic mass is 9.96. The highest BCUT2D eigenvalue weighted by molar-refractivity contribution is 5.86. The number of hydrogen-bond donors (Lipinski definition) is 0. The maximum atomic E-state index is 12.4. The van der Waals surface area contributed by atoms with Crippen molar-refractivity contribution < 1.29 is 14.3 Å². The van der Waals surface area contributed by atoms with E-state index in [-0.39, 0.29) is 17.8 Å². The van der Waals surface area contributed by atoms with E-state index in [0.29, 0.717) is 19.6 Å². The van der Waals surface area contributed by atoms with Crippen LogP contribution in [0.15, 0.2) is 30.3 Å². The normalized spacial score (nSPS) is 23.2. The Hall–Kier alpha value is -1.84. The second-order valence-electron chi connectivity index (χ2n) is 6.05. The van der Waals surface area contributed by atoms with Crippen LogP contribution >= 0.6 is 0 Å². The second kappa shape index (κ2) is 5.51. The Morgan fingerprint density at radius 3 is 2.62 bits per heavy atom. The maximum Gasteiger partial charge on any atom is 0.316 e. The van der Waals surface area contributed by atoms with E-state index >= 15 is 0 Å². The van der Waals surface area contributed by atoms with Crippen LogP contribution in [0.3, 0.4) is 0 Å². The fourth-order valence-electron chi connectivity index (χ4n) is 3.10. The molecule has 112 valence electrons. The molecule has 0 bridgehead atoms. The second-order valence-corrected chi connectivity index (χ2v) is 6.05. The van der Waals surface area contributed by atoms with Crippen LogP contribution in [0.25, 0.3) is 0 Å². The molecule has 4 nitrogen and oxygen atoms in total. The number of benzene rings is 1. The summed E-state index contributed by atoms with van der Waals surface area (Å²) in [6.45, 7) is 3.77. The first kappa shape index (κ1) is 14.1. The molecule has 3 rings (SSSR count). The summed E-state index contributed by atoms with van der Waals surface area (Å²) < 4.78 is 5.53. The predicted molar refractivity (Wildman–Crippen MR) is 78.7 cm³/mol. The van der Waals surface area contributed by atoms with Crippen LogP contribution in [0.4, 0.5) is 0 Å². The van der Waals surface area contributed by atoms with Crippen molar-refractivity contribution in [1.29, 1.82) is 0 Å². The third-order valence-electron chi connectivity index (χ3n) is 4.59. The number of esters is 1. The van der Waals surface area contributed by atoms with E-state index in [1.165, 1.54) is 0 Å². The highest BCUT2D eigenvalue weighted by atomic mass is 16.5. The van der Waals surface area contributed by atoms with Gasteiger partial charge < -0.3 is 9.64 Å². The highest BCUT2D eigenvalue weighted by Crippen LogP contribution is 2.49. The van der Waals surface area contributed by atoms with Crippen LogP contribution in [-0.2, 0) is 19.7 Å². The van der Waals surface area contributed by atoms with Crippen molar-refractivity contribution in [3.63, 3.8) is 0 Å². The average molecular weight is 287 g/mol. The molecule has 1 atom stereocenters. The zero-order chi connectivity index (χ0) is 14.9. The van der Waals surface area contributed by atoms with Crippen LogP contribution in [0.5, 0.6) is 0 Å². The van der Waals surface area contributed by atoms with Crippen molar-refractivity contribution in [3.8, 4) is 0 Å². The zero-order valence-corrected chi connectivity index (χ0v) is 12.4. The molecule has 0 spiro atoms. The Morgan fingerprint density at radius 1 is 1.33 bits per heavy atom.